The van der Waals surface area contributed by atoms with Gasteiger partial charge in [0.2, 0.25) is 0 Å². The van der Waals surface area contributed by atoms with Crippen molar-refractivity contribution in [3.63, 3.8) is 0 Å². The van der Waals surface area contributed by atoms with E-state index in [0.29, 0.717) is 11.4 Å². The van der Waals surface area contributed by atoms with E-state index in [-0.39, 0.29) is 0 Å². The van der Waals surface area contributed by atoms with Crippen molar-refractivity contribution in [1.82, 2.24) is 4.98 Å². The fraction of sp³-hybridized carbons (Fsp3) is 0.214. The zero-order valence-corrected chi connectivity index (χ0v) is 10.0. The molecule has 1 aromatic carbocycles. The molecule has 0 saturated carbocycles. The van der Waals surface area contributed by atoms with Crippen LogP contribution in [0.2, 0.25) is 0 Å². The van der Waals surface area contributed by atoms with Crippen molar-refractivity contribution >= 4 is 5.82 Å². The second-order valence-corrected chi connectivity index (χ2v) is 4.25. The summed E-state index contributed by atoms with van der Waals surface area (Å²) in [5.41, 5.74) is 9.37. The van der Waals surface area contributed by atoms with E-state index in [4.69, 9.17) is 5.73 Å². The van der Waals surface area contributed by atoms with Gasteiger partial charge in [-0.3, -0.25) is 0 Å². The first kappa shape index (κ1) is 11.6. The molecule has 0 aliphatic heterocycles. The first-order chi connectivity index (χ1) is 8.09. The van der Waals surface area contributed by atoms with Gasteiger partial charge in [-0.05, 0) is 36.6 Å². The lowest BCUT2D eigenvalue weighted by atomic mass is 9.97. The lowest BCUT2D eigenvalue weighted by Gasteiger charge is -2.15. The van der Waals surface area contributed by atoms with Crippen LogP contribution in [-0.2, 0) is 0 Å². The standard InChI is InChI=1S/C14H16N2O/c1-9-7-12(14(15)16-8-9)13(17)11-6-4-3-5-10(11)2/h3-8,13,17H,1-2H3,(H2,15,16). The number of hydrogen-bond donors (Lipinski definition) is 2. The first-order valence-electron chi connectivity index (χ1n) is 5.55. The van der Waals surface area contributed by atoms with Crippen molar-refractivity contribution < 1.29 is 5.11 Å². The molecule has 0 saturated heterocycles. The molecule has 0 amide bonds. The van der Waals surface area contributed by atoms with Crippen LogP contribution in [0.5, 0.6) is 0 Å². The fourth-order valence-corrected chi connectivity index (χ4v) is 1.88. The predicted molar refractivity (Wildman–Crippen MR) is 68.6 cm³/mol. The van der Waals surface area contributed by atoms with Gasteiger partial charge in [-0.1, -0.05) is 24.3 Å². The summed E-state index contributed by atoms with van der Waals surface area (Å²) in [5.74, 6) is 0.381. The molecule has 0 bridgehead atoms. The van der Waals surface area contributed by atoms with Crippen LogP contribution in [0.15, 0.2) is 36.5 Å². The predicted octanol–water partition coefficient (Wildman–Crippen LogP) is 2.36. The summed E-state index contributed by atoms with van der Waals surface area (Å²) in [4.78, 5) is 4.07. The molecule has 1 atom stereocenters. The number of anilines is 1. The number of aromatic nitrogens is 1. The summed E-state index contributed by atoms with van der Waals surface area (Å²) >= 11 is 0. The SMILES string of the molecule is Cc1cnc(N)c(C(O)c2ccccc2C)c1. The van der Waals surface area contributed by atoms with E-state index in [2.05, 4.69) is 4.98 Å². The highest BCUT2D eigenvalue weighted by Crippen LogP contribution is 2.27. The molecule has 0 spiro atoms. The summed E-state index contributed by atoms with van der Waals surface area (Å²) in [6, 6.07) is 9.60. The number of benzene rings is 1. The van der Waals surface area contributed by atoms with Crippen LogP contribution in [0.1, 0.15) is 28.4 Å². The van der Waals surface area contributed by atoms with Gasteiger partial charge in [-0.2, -0.15) is 0 Å². The number of nitrogen functional groups attached to an aromatic ring is 1. The van der Waals surface area contributed by atoms with Crippen molar-refractivity contribution in [3.8, 4) is 0 Å². The molecule has 0 radical (unpaired) electrons. The lowest BCUT2D eigenvalue weighted by molar-refractivity contribution is 0.220. The number of aryl methyl sites for hydroxylation is 2. The number of aliphatic hydroxyl groups is 1. The number of rotatable bonds is 2. The number of aliphatic hydroxyl groups excluding tert-OH is 1. The Hall–Kier alpha value is -1.87. The third-order valence-electron chi connectivity index (χ3n) is 2.86. The summed E-state index contributed by atoms with van der Waals surface area (Å²) in [6.07, 6.45) is 0.979. The van der Waals surface area contributed by atoms with E-state index in [1.807, 2.05) is 44.2 Å². The van der Waals surface area contributed by atoms with E-state index in [1.54, 1.807) is 6.20 Å². The minimum Gasteiger partial charge on any atom is -0.384 e. The Morgan fingerprint density at radius 3 is 2.59 bits per heavy atom. The molecule has 0 aliphatic rings. The summed E-state index contributed by atoms with van der Waals surface area (Å²) in [5, 5.41) is 10.4. The van der Waals surface area contributed by atoms with Gasteiger partial charge >= 0.3 is 0 Å². The second-order valence-electron chi connectivity index (χ2n) is 4.25. The molecule has 3 heteroatoms. The molecule has 0 fully saturated rings. The highest BCUT2D eigenvalue weighted by Gasteiger charge is 2.15. The Labute approximate surface area is 101 Å². The first-order valence-corrected chi connectivity index (χ1v) is 5.55. The average molecular weight is 228 g/mol. The highest BCUT2D eigenvalue weighted by molar-refractivity contribution is 5.47. The van der Waals surface area contributed by atoms with Crippen LogP contribution in [0.25, 0.3) is 0 Å². The number of nitrogens with two attached hydrogens (primary N) is 1. The summed E-state index contributed by atoms with van der Waals surface area (Å²) < 4.78 is 0. The average Bonchev–Trinajstić information content (AvgIpc) is 2.32. The Balaban J connectivity index is 2.47. The Kier molecular flexibility index (Phi) is 3.11. The number of pyridine rings is 1. The van der Waals surface area contributed by atoms with E-state index in [1.165, 1.54) is 0 Å². The van der Waals surface area contributed by atoms with Crippen molar-refractivity contribution in [2.45, 2.75) is 20.0 Å². The van der Waals surface area contributed by atoms with Crippen molar-refractivity contribution in [1.29, 1.82) is 0 Å². The molecule has 2 aromatic rings. The molecule has 17 heavy (non-hydrogen) atoms. The highest BCUT2D eigenvalue weighted by atomic mass is 16.3. The zero-order valence-electron chi connectivity index (χ0n) is 10.0. The summed E-state index contributed by atoms with van der Waals surface area (Å²) in [7, 11) is 0. The van der Waals surface area contributed by atoms with Gasteiger partial charge < -0.3 is 10.8 Å². The maximum Gasteiger partial charge on any atom is 0.129 e. The van der Waals surface area contributed by atoms with Crippen LogP contribution >= 0.6 is 0 Å². The van der Waals surface area contributed by atoms with E-state index in [9.17, 15) is 5.11 Å². The molecule has 1 heterocycles. The van der Waals surface area contributed by atoms with E-state index in [0.717, 1.165) is 16.7 Å². The topological polar surface area (TPSA) is 59.1 Å². The zero-order chi connectivity index (χ0) is 12.4. The minimum absolute atomic E-state index is 0.381. The smallest absolute Gasteiger partial charge is 0.129 e. The maximum atomic E-state index is 10.4. The van der Waals surface area contributed by atoms with Crippen molar-refractivity contribution in [2.24, 2.45) is 0 Å². The molecule has 3 nitrogen and oxygen atoms in total. The molecule has 1 unspecified atom stereocenters. The third kappa shape index (κ3) is 2.29. The van der Waals surface area contributed by atoms with Crippen molar-refractivity contribution in [2.75, 3.05) is 5.73 Å². The molecule has 88 valence electrons. The molecule has 0 aliphatic carbocycles. The molecule has 1 aromatic heterocycles. The van der Waals surface area contributed by atoms with Gasteiger partial charge in [-0.25, -0.2) is 4.98 Å². The normalized spacial score (nSPS) is 12.4. The van der Waals surface area contributed by atoms with Gasteiger partial charge in [0, 0.05) is 11.8 Å². The summed E-state index contributed by atoms with van der Waals surface area (Å²) in [6.45, 7) is 3.90. The van der Waals surface area contributed by atoms with Gasteiger partial charge in [0.15, 0.2) is 0 Å². The lowest BCUT2D eigenvalue weighted by Crippen LogP contribution is -2.07. The van der Waals surface area contributed by atoms with E-state index >= 15 is 0 Å². The van der Waals surface area contributed by atoms with Crippen LogP contribution in [0.4, 0.5) is 5.82 Å². The maximum absolute atomic E-state index is 10.4. The van der Waals surface area contributed by atoms with Crippen LogP contribution in [-0.4, -0.2) is 10.1 Å². The van der Waals surface area contributed by atoms with Gasteiger partial charge in [-0.15, -0.1) is 0 Å². The van der Waals surface area contributed by atoms with E-state index < -0.39 is 6.10 Å². The molecule has 3 N–H and O–H groups in total. The van der Waals surface area contributed by atoms with Gasteiger partial charge in [0.05, 0.1) is 0 Å². The minimum atomic E-state index is -0.719. The van der Waals surface area contributed by atoms with Crippen LogP contribution in [0, 0.1) is 13.8 Å². The van der Waals surface area contributed by atoms with Gasteiger partial charge in [0.1, 0.15) is 11.9 Å². The van der Waals surface area contributed by atoms with Crippen molar-refractivity contribution in [3.05, 3.63) is 58.8 Å². The van der Waals surface area contributed by atoms with Crippen LogP contribution < -0.4 is 5.73 Å². The Morgan fingerprint density at radius 2 is 1.88 bits per heavy atom. The Morgan fingerprint density at radius 1 is 1.18 bits per heavy atom. The quantitative estimate of drug-likeness (QED) is 0.829. The fourth-order valence-electron chi connectivity index (χ4n) is 1.88. The third-order valence-corrected chi connectivity index (χ3v) is 2.86. The molecular weight excluding hydrogens is 212 g/mol. The second kappa shape index (κ2) is 4.55. The Bertz CT molecular complexity index is 537. The number of hydrogen-bond acceptors (Lipinski definition) is 3. The largest absolute Gasteiger partial charge is 0.384 e. The molecular formula is C14H16N2O. The molecule has 2 rings (SSSR count). The monoisotopic (exact) mass is 228 g/mol. The van der Waals surface area contributed by atoms with Gasteiger partial charge in [0.25, 0.3) is 0 Å². The number of nitrogens with zero attached hydrogens (tertiary/aromatic N) is 1. The van der Waals surface area contributed by atoms with Crippen LogP contribution in [0.3, 0.4) is 0 Å².